The molecule has 0 aliphatic heterocycles. The van der Waals surface area contributed by atoms with Crippen molar-refractivity contribution >= 4 is 0 Å². The molecule has 0 amide bonds. The average molecular weight is 353 g/mol. The van der Waals surface area contributed by atoms with E-state index in [4.69, 9.17) is 13.8 Å². The molecule has 0 aliphatic carbocycles. The van der Waals surface area contributed by atoms with E-state index in [1.807, 2.05) is 0 Å². The number of hydrogen-bond donors (Lipinski definition) is 0. The molecule has 9 heteroatoms. The molecule has 25 heavy (non-hydrogen) atoms. The number of rotatable bonds is 4. The zero-order valence-corrected chi connectivity index (χ0v) is 13.6. The van der Waals surface area contributed by atoms with Gasteiger partial charge in [-0.1, -0.05) is 10.3 Å². The maximum absolute atomic E-state index is 13.4. The Labute approximate surface area is 140 Å². The number of nitrogens with zero attached hydrogens (tertiary/aromatic N) is 3. The number of halogens is 3. The molecule has 0 spiro atoms. The second-order valence-electron chi connectivity index (χ2n) is 5.62. The zero-order valence-electron chi connectivity index (χ0n) is 13.6. The van der Waals surface area contributed by atoms with Crippen LogP contribution in [-0.2, 0) is 6.18 Å². The average Bonchev–Trinajstić information content (AvgIpc) is 3.14. The van der Waals surface area contributed by atoms with Gasteiger partial charge in [-0.3, -0.25) is 0 Å². The number of alkyl halides is 3. The first-order valence-electron chi connectivity index (χ1n) is 7.39. The lowest BCUT2D eigenvalue weighted by molar-refractivity contribution is -0.137. The third-order valence-electron chi connectivity index (χ3n) is 3.18. The predicted octanol–water partition coefficient (Wildman–Crippen LogP) is 4.51. The summed E-state index contributed by atoms with van der Waals surface area (Å²) in [5.74, 6) is 0.407. The lowest BCUT2D eigenvalue weighted by Gasteiger charge is -2.14. The molecule has 132 valence electrons. The van der Waals surface area contributed by atoms with E-state index in [9.17, 15) is 13.2 Å². The molecule has 2 heterocycles. The number of hydrogen-bond acceptors (Lipinski definition) is 6. The Balaban J connectivity index is 2.03. The Morgan fingerprint density at radius 2 is 1.84 bits per heavy atom. The summed E-state index contributed by atoms with van der Waals surface area (Å²) in [5.41, 5.74) is -0.863. The summed E-state index contributed by atoms with van der Waals surface area (Å²) in [6.07, 6.45) is -4.85. The smallest absolute Gasteiger partial charge is 0.417 e. The fourth-order valence-corrected chi connectivity index (χ4v) is 2.20. The van der Waals surface area contributed by atoms with Gasteiger partial charge in [0.2, 0.25) is 5.82 Å². The van der Waals surface area contributed by atoms with Gasteiger partial charge < -0.3 is 13.8 Å². The van der Waals surface area contributed by atoms with Gasteiger partial charge in [0.25, 0.3) is 5.89 Å². The maximum atomic E-state index is 13.4. The molecule has 6 nitrogen and oxygen atoms in total. The van der Waals surface area contributed by atoms with Crippen molar-refractivity contribution in [1.29, 1.82) is 0 Å². The normalized spacial score (nSPS) is 12.0. The summed E-state index contributed by atoms with van der Waals surface area (Å²) >= 11 is 0. The van der Waals surface area contributed by atoms with Crippen LogP contribution >= 0.6 is 0 Å². The van der Waals surface area contributed by atoms with Gasteiger partial charge in [-0.25, -0.2) is 0 Å². The van der Waals surface area contributed by atoms with Gasteiger partial charge in [0.15, 0.2) is 5.69 Å². The van der Waals surface area contributed by atoms with Gasteiger partial charge >= 0.3 is 6.18 Å². The Bertz CT molecular complexity index is 884. The first-order chi connectivity index (χ1) is 11.7. The molecular weight excluding hydrogens is 339 g/mol. The summed E-state index contributed by atoms with van der Waals surface area (Å²) in [6.45, 7) is 5.13. The fraction of sp³-hybridized carbons (Fsp3) is 0.312. The third-order valence-corrected chi connectivity index (χ3v) is 3.18. The largest absolute Gasteiger partial charge is 0.491 e. The first kappa shape index (κ1) is 17.0. The van der Waals surface area contributed by atoms with Gasteiger partial charge in [-0.05, 0) is 39.0 Å². The number of ether oxygens (including phenoxy) is 1. The van der Waals surface area contributed by atoms with Gasteiger partial charge in [-0.2, -0.15) is 18.2 Å². The van der Waals surface area contributed by atoms with Crippen LogP contribution in [0.3, 0.4) is 0 Å². The monoisotopic (exact) mass is 353 g/mol. The topological polar surface area (TPSA) is 74.2 Å². The van der Waals surface area contributed by atoms with E-state index in [0.29, 0.717) is 5.76 Å². The SMILES string of the molecule is Cc1cc(-c2nc(-c3ccc(OC(C)C)cc3C(F)(F)F)no2)no1. The molecule has 0 saturated carbocycles. The highest BCUT2D eigenvalue weighted by Crippen LogP contribution is 2.38. The molecular formula is C16H14F3N3O3. The second kappa shape index (κ2) is 6.23. The summed E-state index contributed by atoms with van der Waals surface area (Å²) in [4.78, 5) is 3.99. The van der Waals surface area contributed by atoms with E-state index in [2.05, 4.69) is 15.3 Å². The number of benzene rings is 1. The van der Waals surface area contributed by atoms with E-state index in [1.165, 1.54) is 12.1 Å². The molecule has 3 aromatic rings. The minimum absolute atomic E-state index is 0.0255. The molecule has 3 rings (SSSR count). The van der Waals surface area contributed by atoms with E-state index in [1.54, 1.807) is 26.8 Å². The van der Waals surface area contributed by atoms with E-state index >= 15 is 0 Å². The molecule has 0 saturated heterocycles. The lowest BCUT2D eigenvalue weighted by atomic mass is 10.1. The van der Waals surface area contributed by atoms with Crippen LogP contribution in [0.5, 0.6) is 5.75 Å². The standard InChI is InChI=1S/C16H14F3N3O3/c1-8(2)23-10-4-5-11(12(7-10)16(17,18)19)14-20-15(25-22-14)13-6-9(3)24-21-13/h4-8H,1-3H3. The van der Waals surface area contributed by atoms with Crippen LogP contribution in [0.15, 0.2) is 33.3 Å². The summed E-state index contributed by atoms with van der Waals surface area (Å²) in [6, 6.07) is 5.15. The fourth-order valence-electron chi connectivity index (χ4n) is 2.20. The van der Waals surface area contributed by atoms with Gasteiger partial charge in [0.1, 0.15) is 11.5 Å². The van der Waals surface area contributed by atoms with Crippen molar-refractivity contribution in [2.24, 2.45) is 0 Å². The molecule has 0 unspecified atom stereocenters. The molecule has 0 N–H and O–H groups in total. The molecule has 0 atom stereocenters. The van der Waals surface area contributed by atoms with Crippen molar-refractivity contribution in [3.63, 3.8) is 0 Å². The Kier molecular flexibility index (Phi) is 4.23. The van der Waals surface area contributed by atoms with Gasteiger partial charge in [0.05, 0.1) is 11.7 Å². The molecule has 0 aliphatic rings. The van der Waals surface area contributed by atoms with Crippen LogP contribution in [0.4, 0.5) is 13.2 Å². The number of aryl methyl sites for hydroxylation is 1. The lowest BCUT2D eigenvalue weighted by Crippen LogP contribution is -2.10. The second-order valence-corrected chi connectivity index (χ2v) is 5.62. The molecule has 1 aromatic carbocycles. The number of aromatic nitrogens is 3. The minimum Gasteiger partial charge on any atom is -0.491 e. The molecule has 0 bridgehead atoms. The maximum Gasteiger partial charge on any atom is 0.417 e. The Morgan fingerprint density at radius 1 is 1.08 bits per heavy atom. The molecule has 0 fully saturated rings. The van der Waals surface area contributed by atoms with Crippen LogP contribution in [0.2, 0.25) is 0 Å². The van der Waals surface area contributed by atoms with Gasteiger partial charge in [-0.15, -0.1) is 0 Å². The van der Waals surface area contributed by atoms with Crippen molar-refractivity contribution in [2.45, 2.75) is 33.1 Å². The van der Waals surface area contributed by atoms with Crippen molar-refractivity contribution in [3.05, 3.63) is 35.6 Å². The van der Waals surface area contributed by atoms with Gasteiger partial charge in [0, 0.05) is 11.6 Å². The summed E-state index contributed by atoms with van der Waals surface area (Å²) in [5, 5.41) is 7.33. The van der Waals surface area contributed by atoms with Crippen LogP contribution in [0.25, 0.3) is 23.0 Å². The van der Waals surface area contributed by atoms with Crippen LogP contribution < -0.4 is 4.74 Å². The highest BCUT2D eigenvalue weighted by Gasteiger charge is 2.35. The quantitative estimate of drug-likeness (QED) is 0.687. The first-order valence-corrected chi connectivity index (χ1v) is 7.39. The minimum atomic E-state index is -4.60. The van der Waals surface area contributed by atoms with E-state index in [0.717, 1.165) is 6.07 Å². The highest BCUT2D eigenvalue weighted by atomic mass is 19.4. The van der Waals surface area contributed by atoms with Crippen molar-refractivity contribution in [1.82, 2.24) is 15.3 Å². The predicted molar refractivity (Wildman–Crippen MR) is 80.7 cm³/mol. The van der Waals surface area contributed by atoms with Crippen molar-refractivity contribution in [2.75, 3.05) is 0 Å². The van der Waals surface area contributed by atoms with Crippen LogP contribution in [-0.4, -0.2) is 21.4 Å². The summed E-state index contributed by atoms with van der Waals surface area (Å²) in [7, 11) is 0. The highest BCUT2D eigenvalue weighted by molar-refractivity contribution is 5.64. The molecule has 2 aromatic heterocycles. The van der Waals surface area contributed by atoms with Crippen molar-refractivity contribution < 1.29 is 27.0 Å². The summed E-state index contributed by atoms with van der Waals surface area (Å²) < 4.78 is 55.5. The van der Waals surface area contributed by atoms with Crippen LogP contribution in [0.1, 0.15) is 25.2 Å². The van der Waals surface area contributed by atoms with Crippen LogP contribution in [0, 0.1) is 6.92 Å². The third kappa shape index (κ3) is 3.65. The zero-order chi connectivity index (χ0) is 18.2. The van der Waals surface area contributed by atoms with E-state index in [-0.39, 0.29) is 34.8 Å². The Morgan fingerprint density at radius 3 is 2.44 bits per heavy atom. The Hall–Kier alpha value is -2.84. The molecule has 0 radical (unpaired) electrons. The van der Waals surface area contributed by atoms with E-state index < -0.39 is 11.7 Å². The van der Waals surface area contributed by atoms with Crippen molar-refractivity contribution in [3.8, 4) is 28.7 Å².